The number of aromatic nitrogens is 1. The second-order valence-electron chi connectivity index (χ2n) is 10.9. The molecule has 8 rings (SSSR count). The molecule has 6 aromatic carbocycles. The molecule has 194 valence electrons. The second kappa shape index (κ2) is 9.34. The lowest BCUT2D eigenvalue weighted by molar-refractivity contribution is 1.17. The van der Waals surface area contributed by atoms with Crippen LogP contribution in [0.15, 0.2) is 127 Å². The molecule has 7 aromatic rings. The van der Waals surface area contributed by atoms with Gasteiger partial charge in [0.25, 0.3) is 0 Å². The van der Waals surface area contributed by atoms with Crippen LogP contribution in [-0.4, -0.2) is 4.57 Å². The van der Waals surface area contributed by atoms with Gasteiger partial charge >= 0.3 is 0 Å². The van der Waals surface area contributed by atoms with Gasteiger partial charge in [0, 0.05) is 16.5 Å². The highest BCUT2D eigenvalue weighted by molar-refractivity contribution is 6.10. The van der Waals surface area contributed by atoms with Gasteiger partial charge in [0.15, 0.2) is 0 Å². The van der Waals surface area contributed by atoms with E-state index in [0.29, 0.717) is 11.1 Å². The second-order valence-corrected chi connectivity index (χ2v) is 10.9. The third-order valence-corrected chi connectivity index (χ3v) is 8.46. The van der Waals surface area contributed by atoms with Gasteiger partial charge in [-0.2, -0.15) is 10.5 Å². The Morgan fingerprint density at radius 2 is 1.05 bits per heavy atom. The smallest absolute Gasteiger partial charge is 0.0991 e. The first-order valence-corrected chi connectivity index (χ1v) is 14.0. The van der Waals surface area contributed by atoms with Gasteiger partial charge in [-0.1, -0.05) is 66.7 Å². The monoisotopic (exact) mass is 533 g/mol. The lowest BCUT2D eigenvalue weighted by atomic mass is 9.96. The molecule has 1 aromatic heterocycles. The lowest BCUT2D eigenvalue weighted by Gasteiger charge is -2.12. The summed E-state index contributed by atoms with van der Waals surface area (Å²) in [7, 11) is 0. The molecule has 1 aliphatic carbocycles. The number of rotatable bonds is 3. The van der Waals surface area contributed by atoms with Gasteiger partial charge in [0.05, 0.1) is 34.3 Å². The minimum Gasteiger partial charge on any atom is -0.309 e. The minimum absolute atomic E-state index is 0.607. The van der Waals surface area contributed by atoms with Gasteiger partial charge in [-0.25, -0.2) is 0 Å². The standard InChI is InChI=1S/C39H23N3/c40-23-25-9-15-38-36(17-25)37-18-26(24-41)10-16-39(37)42(38)33-14-13-32-20-31-12-11-30(21-34(31)35(32)22-33)29-8-4-7-28(19-29)27-5-2-1-3-6-27/h1-19,21-22H,20H2. The van der Waals surface area contributed by atoms with E-state index in [2.05, 4.69) is 102 Å². The Kier molecular flexibility index (Phi) is 5.33. The maximum Gasteiger partial charge on any atom is 0.0991 e. The van der Waals surface area contributed by atoms with Crippen molar-refractivity contribution in [2.24, 2.45) is 0 Å². The van der Waals surface area contributed by atoms with Gasteiger partial charge in [-0.3, -0.25) is 0 Å². The van der Waals surface area contributed by atoms with Crippen molar-refractivity contribution in [1.82, 2.24) is 4.57 Å². The summed E-state index contributed by atoms with van der Waals surface area (Å²) in [6, 6.07) is 48.9. The van der Waals surface area contributed by atoms with Crippen LogP contribution in [0.3, 0.4) is 0 Å². The number of hydrogen-bond donors (Lipinski definition) is 0. The molecule has 0 aliphatic heterocycles. The summed E-state index contributed by atoms with van der Waals surface area (Å²) >= 11 is 0. The summed E-state index contributed by atoms with van der Waals surface area (Å²) in [4.78, 5) is 0. The average Bonchev–Trinajstić information content (AvgIpc) is 3.59. The van der Waals surface area contributed by atoms with Crippen molar-refractivity contribution in [3.05, 3.63) is 150 Å². The quantitative estimate of drug-likeness (QED) is 0.227. The molecule has 3 nitrogen and oxygen atoms in total. The molecule has 0 saturated heterocycles. The predicted molar refractivity (Wildman–Crippen MR) is 169 cm³/mol. The maximum atomic E-state index is 9.56. The van der Waals surface area contributed by atoms with E-state index in [1.165, 1.54) is 44.5 Å². The highest BCUT2D eigenvalue weighted by Crippen LogP contribution is 2.42. The van der Waals surface area contributed by atoms with Crippen LogP contribution in [0.5, 0.6) is 0 Å². The normalized spacial score (nSPS) is 11.7. The largest absolute Gasteiger partial charge is 0.309 e. The summed E-state index contributed by atoms with van der Waals surface area (Å²) in [6.45, 7) is 0. The first kappa shape index (κ1) is 23.9. The zero-order valence-corrected chi connectivity index (χ0v) is 22.7. The van der Waals surface area contributed by atoms with Gasteiger partial charge in [0.1, 0.15) is 0 Å². The van der Waals surface area contributed by atoms with E-state index in [1.54, 1.807) is 0 Å². The molecule has 3 heteroatoms. The highest BCUT2D eigenvalue weighted by atomic mass is 15.0. The lowest BCUT2D eigenvalue weighted by Crippen LogP contribution is -1.95. The molecule has 0 radical (unpaired) electrons. The molecule has 0 spiro atoms. The number of fused-ring (bicyclic) bond motifs is 6. The SMILES string of the molecule is N#Cc1ccc2c(c1)c1cc(C#N)ccc1n2-c1ccc2c(c1)-c1cc(-c3cccc(-c4ccccc4)c3)ccc1C2. The van der Waals surface area contributed by atoms with Gasteiger partial charge in [-0.15, -0.1) is 0 Å². The Hall–Kier alpha value is -5.90. The molecule has 0 fully saturated rings. The molecule has 0 bridgehead atoms. The Bertz CT molecular complexity index is 2220. The summed E-state index contributed by atoms with van der Waals surface area (Å²) in [6.07, 6.45) is 0.916. The van der Waals surface area contributed by atoms with Crippen molar-refractivity contribution in [2.45, 2.75) is 6.42 Å². The molecule has 0 amide bonds. The fourth-order valence-corrected chi connectivity index (χ4v) is 6.42. The van der Waals surface area contributed by atoms with E-state index in [-0.39, 0.29) is 0 Å². The fourth-order valence-electron chi connectivity index (χ4n) is 6.42. The van der Waals surface area contributed by atoms with Crippen LogP contribution < -0.4 is 0 Å². The van der Waals surface area contributed by atoms with Crippen LogP contribution in [0.1, 0.15) is 22.3 Å². The Balaban J connectivity index is 1.27. The van der Waals surface area contributed by atoms with E-state index < -0.39 is 0 Å². The number of nitrogens with zero attached hydrogens (tertiary/aromatic N) is 3. The molecule has 0 N–H and O–H groups in total. The van der Waals surface area contributed by atoms with Crippen molar-refractivity contribution in [3.63, 3.8) is 0 Å². The topological polar surface area (TPSA) is 52.5 Å². The Morgan fingerprint density at radius 3 is 1.71 bits per heavy atom. The third kappa shape index (κ3) is 3.73. The zero-order chi connectivity index (χ0) is 28.2. The van der Waals surface area contributed by atoms with Crippen LogP contribution in [0.25, 0.3) is 60.9 Å². The van der Waals surface area contributed by atoms with Gasteiger partial charge in [0.2, 0.25) is 0 Å². The Labute approximate surface area is 243 Å². The van der Waals surface area contributed by atoms with Crippen molar-refractivity contribution >= 4 is 21.8 Å². The highest BCUT2D eigenvalue weighted by Gasteiger charge is 2.21. The number of hydrogen-bond acceptors (Lipinski definition) is 2. The van der Waals surface area contributed by atoms with E-state index in [9.17, 15) is 10.5 Å². The first-order chi connectivity index (χ1) is 20.7. The van der Waals surface area contributed by atoms with Crippen LogP contribution in [0.4, 0.5) is 0 Å². The summed E-state index contributed by atoms with van der Waals surface area (Å²) in [5.74, 6) is 0. The van der Waals surface area contributed by atoms with Crippen molar-refractivity contribution in [1.29, 1.82) is 10.5 Å². The van der Waals surface area contributed by atoms with Crippen LogP contribution in [0.2, 0.25) is 0 Å². The third-order valence-electron chi connectivity index (χ3n) is 8.46. The van der Waals surface area contributed by atoms with E-state index in [4.69, 9.17) is 0 Å². The average molecular weight is 534 g/mol. The van der Waals surface area contributed by atoms with Crippen LogP contribution in [-0.2, 0) is 6.42 Å². The van der Waals surface area contributed by atoms with Crippen LogP contribution >= 0.6 is 0 Å². The molecule has 1 heterocycles. The van der Waals surface area contributed by atoms with Crippen molar-refractivity contribution in [3.8, 4) is 51.2 Å². The van der Waals surface area contributed by atoms with Gasteiger partial charge in [-0.05, 0) is 112 Å². The maximum absolute atomic E-state index is 9.56. The number of benzene rings is 6. The first-order valence-electron chi connectivity index (χ1n) is 14.0. The summed E-state index contributed by atoms with van der Waals surface area (Å²) < 4.78 is 2.25. The predicted octanol–water partition coefficient (Wildman–Crippen LogP) is 9.43. The van der Waals surface area contributed by atoms with E-state index >= 15 is 0 Å². The van der Waals surface area contributed by atoms with Crippen molar-refractivity contribution in [2.75, 3.05) is 0 Å². The molecule has 0 unspecified atom stereocenters. The molecule has 1 aliphatic rings. The van der Waals surface area contributed by atoms with E-state index in [1.807, 2.05) is 42.5 Å². The summed E-state index contributed by atoms with van der Waals surface area (Å²) in [5, 5.41) is 21.1. The minimum atomic E-state index is 0.607. The summed E-state index contributed by atoms with van der Waals surface area (Å²) in [5.41, 5.74) is 14.3. The van der Waals surface area contributed by atoms with E-state index in [0.717, 1.165) is 33.9 Å². The molecular formula is C39H23N3. The molecule has 0 saturated carbocycles. The van der Waals surface area contributed by atoms with Crippen molar-refractivity contribution < 1.29 is 0 Å². The van der Waals surface area contributed by atoms with Gasteiger partial charge < -0.3 is 4.57 Å². The molecular weight excluding hydrogens is 510 g/mol. The fraction of sp³-hybridized carbons (Fsp3) is 0.0256. The number of nitriles is 2. The molecule has 0 atom stereocenters. The molecule has 42 heavy (non-hydrogen) atoms. The zero-order valence-electron chi connectivity index (χ0n) is 22.7. The van der Waals surface area contributed by atoms with Crippen LogP contribution in [0, 0.1) is 22.7 Å². The Morgan fingerprint density at radius 1 is 0.476 bits per heavy atom.